The number of nitrogens with one attached hydrogen (secondary N) is 2. The maximum absolute atomic E-state index is 12.0. The summed E-state index contributed by atoms with van der Waals surface area (Å²) in [4.78, 5) is 18.2. The monoisotopic (exact) mass is 411 g/mol. The first kappa shape index (κ1) is 21.8. The second-order valence-electron chi connectivity index (χ2n) is 7.76. The lowest BCUT2D eigenvalue weighted by molar-refractivity contribution is 0.0827. The Morgan fingerprint density at radius 3 is 2.67 bits per heavy atom. The van der Waals surface area contributed by atoms with Gasteiger partial charge in [0, 0.05) is 52.1 Å². The highest BCUT2D eigenvalue weighted by molar-refractivity contribution is 5.93. The molecule has 1 aromatic heterocycles. The molecule has 2 heterocycles. The number of carbonyl (C=O) groups excluding carboxylic acids is 1. The molecule has 0 saturated heterocycles. The van der Waals surface area contributed by atoms with Gasteiger partial charge in [0.05, 0.1) is 6.54 Å². The minimum atomic E-state index is 0.00595. The average Bonchev–Trinajstić information content (AvgIpc) is 2.97. The molecule has 0 saturated carbocycles. The molecule has 1 aliphatic heterocycles. The number of guanidine groups is 1. The summed E-state index contributed by atoms with van der Waals surface area (Å²) in [7, 11) is 3.51. The van der Waals surface area contributed by atoms with Crippen LogP contribution in [0.2, 0.25) is 0 Å². The third-order valence-electron chi connectivity index (χ3n) is 5.20. The van der Waals surface area contributed by atoms with Crippen molar-refractivity contribution in [3.05, 3.63) is 47.0 Å². The van der Waals surface area contributed by atoms with Crippen LogP contribution in [0, 0.1) is 0 Å². The van der Waals surface area contributed by atoms with Crippen LogP contribution in [0.4, 0.5) is 0 Å². The first-order chi connectivity index (χ1) is 14.6. The molecule has 0 bridgehead atoms. The molecule has 30 heavy (non-hydrogen) atoms. The van der Waals surface area contributed by atoms with E-state index in [1.54, 1.807) is 19.0 Å². The smallest absolute Gasteiger partial charge is 0.253 e. The Labute approximate surface area is 178 Å². The van der Waals surface area contributed by atoms with Gasteiger partial charge >= 0.3 is 0 Å². The first-order valence-electron chi connectivity index (χ1n) is 10.8. The highest BCUT2D eigenvalue weighted by Gasteiger charge is 2.14. The van der Waals surface area contributed by atoms with Crippen molar-refractivity contribution in [3.8, 4) is 0 Å². The van der Waals surface area contributed by atoms with E-state index in [1.807, 2.05) is 24.3 Å². The van der Waals surface area contributed by atoms with Gasteiger partial charge in [-0.2, -0.15) is 0 Å². The predicted octanol–water partition coefficient (Wildman–Crippen LogP) is 2.00. The van der Waals surface area contributed by atoms with E-state index in [2.05, 4.69) is 37.3 Å². The standard InChI is InChI=1S/C22H33N7O/c1-4-23-22(25-16-17-9-11-18(12-10-17)21(30)28(2)3)24-14-13-20-27-26-19-8-6-5-7-15-29(19)20/h9-12H,4-8,13-16H2,1-3H3,(H2,23,24,25). The summed E-state index contributed by atoms with van der Waals surface area (Å²) in [5, 5.41) is 15.4. The summed E-state index contributed by atoms with van der Waals surface area (Å²) in [6, 6.07) is 7.61. The lowest BCUT2D eigenvalue weighted by Gasteiger charge is -2.12. The third kappa shape index (κ3) is 5.81. The summed E-state index contributed by atoms with van der Waals surface area (Å²) in [6.07, 6.45) is 5.52. The Bertz CT molecular complexity index is 855. The number of rotatable bonds is 7. The molecule has 2 N–H and O–H groups in total. The van der Waals surface area contributed by atoms with Crippen LogP contribution >= 0.6 is 0 Å². The van der Waals surface area contributed by atoms with Crippen LogP contribution in [0.25, 0.3) is 0 Å². The fraction of sp³-hybridized carbons (Fsp3) is 0.545. The Morgan fingerprint density at radius 1 is 1.13 bits per heavy atom. The van der Waals surface area contributed by atoms with E-state index in [9.17, 15) is 4.79 Å². The minimum Gasteiger partial charge on any atom is -0.357 e. The Hall–Kier alpha value is -2.90. The normalized spacial score (nSPS) is 14.0. The van der Waals surface area contributed by atoms with E-state index < -0.39 is 0 Å². The largest absolute Gasteiger partial charge is 0.357 e. The molecule has 0 atom stereocenters. The molecule has 1 amide bonds. The zero-order chi connectivity index (χ0) is 21.3. The summed E-state index contributed by atoms with van der Waals surface area (Å²) >= 11 is 0. The van der Waals surface area contributed by atoms with Gasteiger partial charge in [0.15, 0.2) is 5.96 Å². The van der Waals surface area contributed by atoms with Crippen LogP contribution in [0.1, 0.15) is 53.8 Å². The van der Waals surface area contributed by atoms with E-state index in [-0.39, 0.29) is 5.91 Å². The van der Waals surface area contributed by atoms with E-state index in [0.29, 0.717) is 12.1 Å². The van der Waals surface area contributed by atoms with Crippen molar-refractivity contribution in [2.24, 2.45) is 4.99 Å². The second-order valence-corrected chi connectivity index (χ2v) is 7.76. The fourth-order valence-electron chi connectivity index (χ4n) is 3.55. The van der Waals surface area contributed by atoms with Gasteiger partial charge in [-0.15, -0.1) is 10.2 Å². The molecule has 1 aliphatic rings. The maximum Gasteiger partial charge on any atom is 0.253 e. The number of aromatic nitrogens is 3. The maximum atomic E-state index is 12.0. The van der Waals surface area contributed by atoms with Crippen molar-refractivity contribution in [1.82, 2.24) is 30.3 Å². The van der Waals surface area contributed by atoms with Crippen molar-refractivity contribution >= 4 is 11.9 Å². The van der Waals surface area contributed by atoms with Gasteiger partial charge in [0.1, 0.15) is 11.6 Å². The molecule has 1 aromatic carbocycles. The Morgan fingerprint density at radius 2 is 1.93 bits per heavy atom. The number of amides is 1. The molecule has 162 valence electrons. The van der Waals surface area contributed by atoms with E-state index in [1.165, 1.54) is 19.3 Å². The number of hydrogen-bond donors (Lipinski definition) is 2. The number of nitrogens with zero attached hydrogens (tertiary/aromatic N) is 5. The van der Waals surface area contributed by atoms with Crippen molar-refractivity contribution in [2.75, 3.05) is 27.2 Å². The van der Waals surface area contributed by atoms with Gasteiger partial charge in [0.25, 0.3) is 5.91 Å². The molecule has 0 spiro atoms. The summed E-state index contributed by atoms with van der Waals surface area (Å²) < 4.78 is 2.29. The van der Waals surface area contributed by atoms with Crippen molar-refractivity contribution < 1.29 is 4.79 Å². The number of aryl methyl sites for hydroxylation is 1. The number of fused-ring (bicyclic) bond motifs is 1. The van der Waals surface area contributed by atoms with Crippen LogP contribution in [-0.4, -0.2) is 58.7 Å². The fourth-order valence-corrected chi connectivity index (χ4v) is 3.55. The SMILES string of the molecule is CCNC(=NCc1ccc(C(=O)N(C)C)cc1)NCCc1nnc2n1CCCCC2. The van der Waals surface area contributed by atoms with Crippen LogP contribution in [0.5, 0.6) is 0 Å². The molecule has 8 heteroatoms. The van der Waals surface area contributed by atoms with Crippen LogP contribution < -0.4 is 10.6 Å². The molecule has 0 unspecified atom stereocenters. The second kappa shape index (κ2) is 10.8. The molecular weight excluding hydrogens is 378 g/mol. The zero-order valence-corrected chi connectivity index (χ0v) is 18.3. The molecular formula is C22H33N7O. The number of carbonyl (C=O) groups is 1. The van der Waals surface area contributed by atoms with E-state index in [0.717, 1.165) is 55.6 Å². The molecule has 0 aliphatic carbocycles. The Balaban J connectivity index is 1.55. The number of hydrogen-bond acceptors (Lipinski definition) is 4. The number of aliphatic imine (C=N–C) groups is 1. The van der Waals surface area contributed by atoms with Gasteiger partial charge in [0.2, 0.25) is 0 Å². The molecule has 0 radical (unpaired) electrons. The lowest BCUT2D eigenvalue weighted by Crippen LogP contribution is -2.38. The van der Waals surface area contributed by atoms with Gasteiger partial charge < -0.3 is 20.1 Å². The first-order valence-corrected chi connectivity index (χ1v) is 10.8. The van der Waals surface area contributed by atoms with E-state index >= 15 is 0 Å². The van der Waals surface area contributed by atoms with E-state index in [4.69, 9.17) is 0 Å². The number of benzene rings is 1. The molecule has 0 fully saturated rings. The summed E-state index contributed by atoms with van der Waals surface area (Å²) in [5.74, 6) is 2.96. The minimum absolute atomic E-state index is 0.00595. The summed E-state index contributed by atoms with van der Waals surface area (Å²) in [6.45, 7) is 5.17. The lowest BCUT2D eigenvalue weighted by atomic mass is 10.1. The predicted molar refractivity (Wildman–Crippen MR) is 119 cm³/mol. The topological polar surface area (TPSA) is 87.4 Å². The van der Waals surface area contributed by atoms with Gasteiger partial charge in [-0.3, -0.25) is 4.79 Å². The van der Waals surface area contributed by atoms with Crippen molar-refractivity contribution in [3.63, 3.8) is 0 Å². The highest BCUT2D eigenvalue weighted by atomic mass is 16.2. The van der Waals surface area contributed by atoms with Gasteiger partial charge in [-0.05, 0) is 37.5 Å². The van der Waals surface area contributed by atoms with Gasteiger partial charge in [-0.25, -0.2) is 4.99 Å². The third-order valence-corrected chi connectivity index (χ3v) is 5.20. The van der Waals surface area contributed by atoms with Gasteiger partial charge in [-0.1, -0.05) is 18.6 Å². The average molecular weight is 412 g/mol. The Kier molecular flexibility index (Phi) is 7.82. The zero-order valence-electron chi connectivity index (χ0n) is 18.3. The quantitative estimate of drug-likeness (QED) is 0.538. The molecule has 3 rings (SSSR count). The molecule has 2 aromatic rings. The summed E-state index contributed by atoms with van der Waals surface area (Å²) in [5.41, 5.74) is 1.75. The molecule has 8 nitrogen and oxygen atoms in total. The van der Waals surface area contributed by atoms with Crippen molar-refractivity contribution in [2.45, 2.75) is 52.1 Å². The van der Waals surface area contributed by atoms with Crippen molar-refractivity contribution in [1.29, 1.82) is 0 Å². The van der Waals surface area contributed by atoms with Crippen LogP contribution in [0.15, 0.2) is 29.3 Å². The highest BCUT2D eigenvalue weighted by Crippen LogP contribution is 2.14. The van der Waals surface area contributed by atoms with Crippen LogP contribution in [-0.2, 0) is 25.9 Å². The van der Waals surface area contributed by atoms with Crippen LogP contribution in [0.3, 0.4) is 0 Å².